The highest BCUT2D eigenvalue weighted by atomic mass is 16.3. The highest BCUT2D eigenvalue weighted by molar-refractivity contribution is 5.95. The zero-order chi connectivity index (χ0) is 13.2. The Morgan fingerprint density at radius 1 is 1.22 bits per heavy atom. The third-order valence-electron chi connectivity index (χ3n) is 2.72. The molecule has 18 heavy (non-hydrogen) atoms. The fourth-order valence-corrected chi connectivity index (χ4v) is 1.69. The summed E-state index contributed by atoms with van der Waals surface area (Å²) >= 11 is 0. The molecule has 1 aromatic rings. The maximum absolute atomic E-state index is 11.6. The third kappa shape index (κ3) is 5.64. The van der Waals surface area contributed by atoms with Gasteiger partial charge in [-0.15, -0.1) is 0 Å². The molecular formula is C15H21NO2. The lowest BCUT2D eigenvalue weighted by Gasteiger charge is -2.01. The standard InChI is InChI=1S/C15H21NO2/c1-16-11-7-3-6-10-14(17)12-15(18)13-8-4-2-5-9-13/h2,4-5,8-9,12,16,18H,3,6-7,10-11H2,1H3/b15-12-. The van der Waals surface area contributed by atoms with Crippen LogP contribution < -0.4 is 5.32 Å². The summed E-state index contributed by atoms with van der Waals surface area (Å²) in [4.78, 5) is 11.6. The van der Waals surface area contributed by atoms with Gasteiger partial charge in [-0.1, -0.05) is 36.8 Å². The summed E-state index contributed by atoms with van der Waals surface area (Å²) in [6.45, 7) is 0.985. The summed E-state index contributed by atoms with van der Waals surface area (Å²) in [7, 11) is 1.92. The number of aliphatic hydroxyl groups is 1. The predicted molar refractivity (Wildman–Crippen MR) is 74.4 cm³/mol. The van der Waals surface area contributed by atoms with Crippen molar-refractivity contribution in [2.75, 3.05) is 13.6 Å². The molecule has 1 rings (SSSR count). The summed E-state index contributed by atoms with van der Waals surface area (Å²) < 4.78 is 0. The van der Waals surface area contributed by atoms with Gasteiger partial charge in [-0.2, -0.15) is 0 Å². The number of hydrogen-bond donors (Lipinski definition) is 2. The van der Waals surface area contributed by atoms with Crippen LogP contribution in [0.15, 0.2) is 36.4 Å². The van der Waals surface area contributed by atoms with Crippen molar-refractivity contribution < 1.29 is 9.90 Å². The molecule has 98 valence electrons. The van der Waals surface area contributed by atoms with Crippen LogP contribution in [0.25, 0.3) is 5.76 Å². The van der Waals surface area contributed by atoms with Crippen molar-refractivity contribution in [1.82, 2.24) is 5.32 Å². The van der Waals surface area contributed by atoms with Crippen molar-refractivity contribution >= 4 is 11.5 Å². The maximum atomic E-state index is 11.6. The zero-order valence-corrected chi connectivity index (χ0v) is 10.9. The molecule has 0 bridgehead atoms. The number of allylic oxidation sites excluding steroid dienone is 1. The van der Waals surface area contributed by atoms with E-state index in [9.17, 15) is 9.90 Å². The SMILES string of the molecule is CNCCCCCC(=O)/C=C(\O)c1ccccc1. The maximum Gasteiger partial charge on any atom is 0.159 e. The summed E-state index contributed by atoms with van der Waals surface area (Å²) in [6.07, 6.45) is 4.82. The summed E-state index contributed by atoms with van der Waals surface area (Å²) in [5.74, 6) is 0.0386. The van der Waals surface area contributed by atoms with E-state index >= 15 is 0 Å². The fraction of sp³-hybridized carbons (Fsp3) is 0.400. The molecule has 3 nitrogen and oxygen atoms in total. The van der Waals surface area contributed by atoms with Crippen LogP contribution in [0.4, 0.5) is 0 Å². The molecule has 0 saturated carbocycles. The normalized spacial score (nSPS) is 11.5. The van der Waals surface area contributed by atoms with Gasteiger partial charge in [0.15, 0.2) is 5.78 Å². The Balaban J connectivity index is 2.34. The van der Waals surface area contributed by atoms with Gasteiger partial charge in [0, 0.05) is 18.1 Å². The molecule has 0 fully saturated rings. The van der Waals surface area contributed by atoms with Gasteiger partial charge in [-0.05, 0) is 26.4 Å². The van der Waals surface area contributed by atoms with Crippen LogP contribution in [0, 0.1) is 0 Å². The number of nitrogens with one attached hydrogen (secondary N) is 1. The molecule has 0 atom stereocenters. The molecule has 3 heteroatoms. The van der Waals surface area contributed by atoms with E-state index in [2.05, 4.69) is 5.32 Å². The van der Waals surface area contributed by atoms with Crippen molar-refractivity contribution in [1.29, 1.82) is 0 Å². The molecule has 0 aromatic heterocycles. The Kier molecular flexibility index (Phi) is 6.81. The number of benzene rings is 1. The third-order valence-corrected chi connectivity index (χ3v) is 2.72. The monoisotopic (exact) mass is 247 g/mol. The minimum atomic E-state index is -0.0131. The van der Waals surface area contributed by atoms with Gasteiger partial charge in [0.1, 0.15) is 5.76 Å². The molecule has 0 spiro atoms. The lowest BCUT2D eigenvalue weighted by atomic mass is 10.1. The van der Waals surface area contributed by atoms with Gasteiger partial charge in [0.25, 0.3) is 0 Å². The number of ketones is 1. The largest absolute Gasteiger partial charge is 0.507 e. The first kappa shape index (κ1) is 14.5. The molecule has 0 aliphatic heterocycles. The van der Waals surface area contributed by atoms with E-state index < -0.39 is 0 Å². The highest BCUT2D eigenvalue weighted by Crippen LogP contribution is 2.11. The lowest BCUT2D eigenvalue weighted by molar-refractivity contribution is -0.114. The second kappa shape index (κ2) is 8.48. The summed E-state index contributed by atoms with van der Waals surface area (Å²) in [5, 5.41) is 12.8. The molecule has 0 saturated heterocycles. The Bertz CT molecular complexity index is 385. The number of carbonyl (C=O) groups is 1. The van der Waals surface area contributed by atoms with Crippen LogP contribution in [-0.2, 0) is 4.79 Å². The second-order valence-corrected chi connectivity index (χ2v) is 4.28. The molecular weight excluding hydrogens is 226 g/mol. The van der Waals surface area contributed by atoms with Crippen molar-refractivity contribution in [3.8, 4) is 0 Å². The zero-order valence-electron chi connectivity index (χ0n) is 10.9. The Morgan fingerprint density at radius 3 is 2.61 bits per heavy atom. The Labute approximate surface area is 109 Å². The molecule has 0 aliphatic carbocycles. The molecule has 0 radical (unpaired) electrons. The fourth-order valence-electron chi connectivity index (χ4n) is 1.69. The first-order chi connectivity index (χ1) is 8.74. The molecule has 0 amide bonds. The van der Waals surface area contributed by atoms with Crippen molar-refractivity contribution in [2.24, 2.45) is 0 Å². The minimum Gasteiger partial charge on any atom is -0.507 e. The highest BCUT2D eigenvalue weighted by Gasteiger charge is 2.02. The van der Waals surface area contributed by atoms with Gasteiger partial charge < -0.3 is 10.4 Å². The van der Waals surface area contributed by atoms with Crippen LogP contribution in [0.2, 0.25) is 0 Å². The van der Waals surface area contributed by atoms with E-state index in [0.29, 0.717) is 12.0 Å². The summed E-state index contributed by atoms with van der Waals surface area (Å²) in [6, 6.07) is 9.11. The van der Waals surface area contributed by atoms with E-state index in [-0.39, 0.29) is 11.5 Å². The van der Waals surface area contributed by atoms with Gasteiger partial charge in [0.2, 0.25) is 0 Å². The number of carbonyl (C=O) groups excluding carboxylic acids is 1. The van der Waals surface area contributed by atoms with Gasteiger partial charge >= 0.3 is 0 Å². The average molecular weight is 247 g/mol. The van der Waals surface area contributed by atoms with Crippen LogP contribution >= 0.6 is 0 Å². The molecule has 0 aliphatic rings. The van der Waals surface area contributed by atoms with Crippen molar-refractivity contribution in [2.45, 2.75) is 25.7 Å². The topological polar surface area (TPSA) is 49.3 Å². The number of unbranched alkanes of at least 4 members (excludes halogenated alkanes) is 2. The van der Waals surface area contributed by atoms with Crippen LogP contribution in [0.3, 0.4) is 0 Å². The predicted octanol–water partition coefficient (Wildman–Crippen LogP) is 2.93. The van der Waals surface area contributed by atoms with Crippen LogP contribution in [-0.4, -0.2) is 24.5 Å². The van der Waals surface area contributed by atoms with Crippen molar-refractivity contribution in [3.63, 3.8) is 0 Å². The smallest absolute Gasteiger partial charge is 0.159 e. The molecule has 0 unspecified atom stereocenters. The van der Waals surface area contributed by atoms with E-state index in [0.717, 1.165) is 25.8 Å². The number of aliphatic hydroxyl groups excluding tert-OH is 1. The van der Waals surface area contributed by atoms with Gasteiger partial charge in [-0.3, -0.25) is 4.79 Å². The first-order valence-corrected chi connectivity index (χ1v) is 6.37. The van der Waals surface area contributed by atoms with Gasteiger partial charge in [0.05, 0.1) is 0 Å². The number of rotatable bonds is 8. The second-order valence-electron chi connectivity index (χ2n) is 4.28. The molecule has 1 aromatic carbocycles. The molecule has 0 heterocycles. The van der Waals surface area contributed by atoms with E-state index in [1.807, 2.05) is 25.2 Å². The first-order valence-electron chi connectivity index (χ1n) is 6.37. The van der Waals surface area contributed by atoms with Gasteiger partial charge in [-0.25, -0.2) is 0 Å². The van der Waals surface area contributed by atoms with Crippen LogP contribution in [0.5, 0.6) is 0 Å². The molecule has 2 N–H and O–H groups in total. The van der Waals surface area contributed by atoms with E-state index in [4.69, 9.17) is 0 Å². The quantitative estimate of drug-likeness (QED) is 0.422. The Hall–Kier alpha value is -1.61. The minimum absolute atomic E-state index is 0.0131. The van der Waals surface area contributed by atoms with Crippen LogP contribution in [0.1, 0.15) is 31.2 Å². The lowest BCUT2D eigenvalue weighted by Crippen LogP contribution is -2.07. The number of hydrogen-bond acceptors (Lipinski definition) is 3. The Morgan fingerprint density at radius 2 is 1.94 bits per heavy atom. The summed E-state index contributed by atoms with van der Waals surface area (Å²) in [5.41, 5.74) is 0.682. The van der Waals surface area contributed by atoms with E-state index in [1.54, 1.807) is 12.1 Å². The van der Waals surface area contributed by atoms with E-state index in [1.165, 1.54) is 6.08 Å². The average Bonchev–Trinajstić information content (AvgIpc) is 2.39. The van der Waals surface area contributed by atoms with Crippen molar-refractivity contribution in [3.05, 3.63) is 42.0 Å².